The first-order valence-corrected chi connectivity index (χ1v) is 12.8. The number of rotatable bonds is 6. The summed E-state index contributed by atoms with van der Waals surface area (Å²) in [6.07, 6.45) is 5.42. The third-order valence-corrected chi connectivity index (χ3v) is 6.69. The molecule has 0 atom stereocenters. The molecular weight excluding hydrogens is 500 g/mol. The highest BCUT2D eigenvalue weighted by atomic mass is 16.3. The van der Waals surface area contributed by atoms with Gasteiger partial charge in [0, 0.05) is 38.9 Å². The molecule has 0 aliphatic carbocycles. The lowest BCUT2D eigenvalue weighted by Crippen LogP contribution is -2.50. The summed E-state index contributed by atoms with van der Waals surface area (Å²) in [5, 5.41) is 18.3. The number of urea groups is 2. The molecule has 1 fully saturated rings. The smallest absolute Gasteiger partial charge is 0.321 e. The van der Waals surface area contributed by atoms with Gasteiger partial charge in [0.15, 0.2) is 17.1 Å². The van der Waals surface area contributed by atoms with Gasteiger partial charge in [0.2, 0.25) is 11.8 Å². The topological polar surface area (TPSA) is 148 Å². The molecule has 13 nitrogen and oxygen atoms in total. The monoisotopic (exact) mass is 528 g/mol. The van der Waals surface area contributed by atoms with E-state index in [1.165, 1.54) is 10.1 Å². The van der Waals surface area contributed by atoms with Crippen molar-refractivity contribution in [3.05, 3.63) is 60.5 Å². The number of anilines is 1. The zero-order valence-electron chi connectivity index (χ0n) is 21.4. The minimum absolute atomic E-state index is 0.0809. The number of fused-ring (bicyclic) bond motifs is 3. The van der Waals surface area contributed by atoms with Gasteiger partial charge in [-0.05, 0) is 37.0 Å². The molecule has 6 rings (SSSR count). The second kappa shape index (κ2) is 10.4. The summed E-state index contributed by atoms with van der Waals surface area (Å²) in [5.41, 5.74) is 2.12. The number of likely N-dealkylation sites (tertiary alicyclic amines) is 1. The van der Waals surface area contributed by atoms with E-state index in [9.17, 15) is 9.59 Å². The third-order valence-electron chi connectivity index (χ3n) is 6.69. The van der Waals surface area contributed by atoms with Crippen molar-refractivity contribution in [2.24, 2.45) is 7.05 Å². The Bertz CT molecular complexity index is 1600. The molecule has 200 valence electrons. The Balaban J connectivity index is 1.07. The van der Waals surface area contributed by atoms with Crippen LogP contribution < -0.4 is 16.0 Å². The largest absolute Gasteiger partial charge is 0.461 e. The van der Waals surface area contributed by atoms with Crippen molar-refractivity contribution in [3.8, 4) is 11.6 Å². The highest BCUT2D eigenvalue weighted by molar-refractivity contribution is 5.93. The zero-order valence-corrected chi connectivity index (χ0v) is 21.4. The molecule has 0 saturated carbocycles. The molecule has 0 bridgehead atoms. The average molecular weight is 529 g/mol. The Kier molecular flexibility index (Phi) is 6.53. The predicted octanol–water partition coefficient (Wildman–Crippen LogP) is 2.81. The number of aryl methyl sites for hydroxylation is 1. The van der Waals surface area contributed by atoms with Gasteiger partial charge in [0.1, 0.15) is 0 Å². The van der Waals surface area contributed by atoms with Crippen LogP contribution in [0.25, 0.3) is 28.3 Å². The number of hydrogen-bond donors (Lipinski definition) is 3. The van der Waals surface area contributed by atoms with E-state index in [2.05, 4.69) is 36.1 Å². The fourth-order valence-electron chi connectivity index (χ4n) is 4.71. The molecule has 5 aromatic rings. The van der Waals surface area contributed by atoms with Crippen molar-refractivity contribution >= 4 is 34.7 Å². The Hall–Kier alpha value is -4.94. The fraction of sp³-hybridized carbons (Fsp3) is 0.308. The lowest BCUT2D eigenvalue weighted by molar-refractivity contribution is 0.177. The molecule has 4 aromatic heterocycles. The van der Waals surface area contributed by atoms with E-state index < -0.39 is 6.03 Å². The number of nitrogens with one attached hydrogen (secondary N) is 3. The molecule has 1 aliphatic heterocycles. The van der Waals surface area contributed by atoms with Gasteiger partial charge in [-0.15, -0.1) is 5.10 Å². The van der Waals surface area contributed by atoms with E-state index >= 15 is 0 Å². The Morgan fingerprint density at radius 2 is 1.87 bits per heavy atom. The van der Waals surface area contributed by atoms with Crippen molar-refractivity contribution < 1.29 is 14.0 Å². The first kappa shape index (κ1) is 24.4. The Morgan fingerprint density at radius 1 is 1.05 bits per heavy atom. The summed E-state index contributed by atoms with van der Waals surface area (Å²) < 4.78 is 8.55. The van der Waals surface area contributed by atoms with Gasteiger partial charge in [-0.1, -0.05) is 30.3 Å². The first-order chi connectivity index (χ1) is 19.0. The highest BCUT2D eigenvalue weighted by Gasteiger charge is 2.25. The van der Waals surface area contributed by atoms with Crippen LogP contribution in [0.2, 0.25) is 0 Å². The summed E-state index contributed by atoms with van der Waals surface area (Å²) in [5.74, 6) is 1.06. The van der Waals surface area contributed by atoms with Gasteiger partial charge in [-0.3, -0.25) is 10.00 Å². The van der Waals surface area contributed by atoms with E-state index in [1.807, 2.05) is 30.3 Å². The van der Waals surface area contributed by atoms with Crippen molar-refractivity contribution in [3.63, 3.8) is 0 Å². The van der Waals surface area contributed by atoms with Gasteiger partial charge in [-0.2, -0.15) is 14.6 Å². The van der Waals surface area contributed by atoms with Crippen LogP contribution in [0.4, 0.5) is 15.5 Å². The fourth-order valence-corrected chi connectivity index (χ4v) is 4.71. The van der Waals surface area contributed by atoms with Gasteiger partial charge in [0.05, 0.1) is 11.6 Å². The summed E-state index contributed by atoms with van der Waals surface area (Å²) in [6, 6.07) is 13.0. The average Bonchev–Trinajstić information content (AvgIpc) is 3.69. The van der Waals surface area contributed by atoms with Crippen molar-refractivity contribution in [1.82, 2.24) is 44.9 Å². The van der Waals surface area contributed by atoms with Crippen LogP contribution >= 0.6 is 0 Å². The molecule has 39 heavy (non-hydrogen) atoms. The first-order valence-electron chi connectivity index (χ1n) is 12.8. The van der Waals surface area contributed by atoms with Crippen molar-refractivity contribution in [2.45, 2.75) is 25.3 Å². The van der Waals surface area contributed by atoms with Crippen LogP contribution in [0.3, 0.4) is 0 Å². The molecule has 3 N–H and O–H groups in total. The Labute approximate surface area is 223 Å². The Morgan fingerprint density at radius 3 is 2.64 bits per heavy atom. The summed E-state index contributed by atoms with van der Waals surface area (Å²) in [7, 11) is 1.79. The number of hydrogen-bond acceptors (Lipinski definition) is 7. The normalized spacial score (nSPS) is 14.1. The third kappa shape index (κ3) is 5.23. The van der Waals surface area contributed by atoms with Crippen LogP contribution in [-0.4, -0.2) is 72.0 Å². The van der Waals surface area contributed by atoms with Crippen LogP contribution in [0.1, 0.15) is 18.4 Å². The standard InChI is InChI=1S/C26H28N10O3/c1-34-16-19-21(32-34)30-24(36-23(19)29-22(33-36)20-8-5-15-39-20)31-25(37)28-18-10-13-35(14-11-18)26(38)27-12-9-17-6-3-2-4-7-17/h2-8,15-16,18H,9-14H2,1H3,(H,27,38)(H2,28,30,31,32,37). The molecule has 13 heteroatoms. The second-order valence-corrected chi connectivity index (χ2v) is 9.45. The number of furan rings is 1. The van der Waals surface area contributed by atoms with Crippen LogP contribution in [0, 0.1) is 0 Å². The summed E-state index contributed by atoms with van der Waals surface area (Å²) in [4.78, 5) is 36.4. The highest BCUT2D eigenvalue weighted by Crippen LogP contribution is 2.24. The maximum absolute atomic E-state index is 12.9. The maximum atomic E-state index is 12.9. The van der Waals surface area contributed by atoms with Crippen molar-refractivity contribution in [1.29, 1.82) is 0 Å². The lowest BCUT2D eigenvalue weighted by Gasteiger charge is -2.32. The second-order valence-electron chi connectivity index (χ2n) is 9.45. The molecule has 4 amide bonds. The molecular formula is C26H28N10O3. The number of nitrogens with zero attached hydrogens (tertiary/aromatic N) is 7. The number of amides is 4. The number of carbonyl (C=O) groups excluding carboxylic acids is 2. The van der Waals surface area contributed by atoms with E-state index in [1.54, 1.807) is 41.2 Å². The van der Waals surface area contributed by atoms with E-state index in [0.717, 1.165) is 6.42 Å². The molecule has 0 spiro atoms. The minimum atomic E-state index is -0.417. The SMILES string of the molecule is Cn1cc2c(nc(NC(=O)NC3CCN(C(=O)NCCc4ccccc4)CC3)n3nc(-c4ccco4)nc23)n1. The number of aromatic nitrogens is 6. The molecule has 0 radical (unpaired) electrons. The zero-order chi connectivity index (χ0) is 26.8. The van der Waals surface area contributed by atoms with Gasteiger partial charge in [-0.25, -0.2) is 14.6 Å². The number of benzene rings is 1. The summed E-state index contributed by atoms with van der Waals surface area (Å²) >= 11 is 0. The van der Waals surface area contributed by atoms with Gasteiger partial charge in [0.25, 0.3) is 0 Å². The van der Waals surface area contributed by atoms with Gasteiger partial charge >= 0.3 is 12.1 Å². The van der Waals surface area contributed by atoms with Crippen LogP contribution in [-0.2, 0) is 13.5 Å². The minimum Gasteiger partial charge on any atom is -0.461 e. The lowest BCUT2D eigenvalue weighted by atomic mass is 10.1. The molecule has 1 aromatic carbocycles. The summed E-state index contributed by atoms with van der Waals surface area (Å²) in [6.45, 7) is 1.69. The number of piperidine rings is 1. The van der Waals surface area contributed by atoms with E-state index in [-0.39, 0.29) is 18.0 Å². The number of carbonyl (C=O) groups is 2. The molecule has 1 saturated heterocycles. The van der Waals surface area contributed by atoms with Crippen molar-refractivity contribution in [2.75, 3.05) is 25.0 Å². The van der Waals surface area contributed by atoms with Crippen LogP contribution in [0.5, 0.6) is 0 Å². The molecule has 0 unspecified atom stereocenters. The van der Waals surface area contributed by atoms with E-state index in [0.29, 0.717) is 60.7 Å². The molecule has 1 aliphatic rings. The molecule has 5 heterocycles. The van der Waals surface area contributed by atoms with Crippen LogP contribution in [0.15, 0.2) is 59.3 Å². The quantitative estimate of drug-likeness (QED) is 0.307. The van der Waals surface area contributed by atoms with E-state index in [4.69, 9.17) is 4.42 Å². The van der Waals surface area contributed by atoms with Gasteiger partial charge < -0.3 is 20.0 Å². The predicted molar refractivity (Wildman–Crippen MR) is 143 cm³/mol. The maximum Gasteiger partial charge on any atom is 0.321 e.